The summed E-state index contributed by atoms with van der Waals surface area (Å²) in [5.41, 5.74) is 0. The standard InChI is InChI=1S/C12H22N2O3/c15-6-5-14(10-2-1-3-10)12(16)8-11-9-13-4-7-17-11/h10-11,13,15H,1-9H2. The highest BCUT2D eigenvalue weighted by Crippen LogP contribution is 2.25. The monoisotopic (exact) mass is 242 g/mol. The van der Waals surface area contributed by atoms with Gasteiger partial charge in [0.25, 0.3) is 0 Å². The third kappa shape index (κ3) is 3.40. The van der Waals surface area contributed by atoms with Gasteiger partial charge in [0.2, 0.25) is 5.91 Å². The molecular weight excluding hydrogens is 220 g/mol. The zero-order valence-corrected chi connectivity index (χ0v) is 10.2. The van der Waals surface area contributed by atoms with Gasteiger partial charge in [-0.1, -0.05) is 0 Å². The minimum atomic E-state index is -0.00230. The number of morpholine rings is 1. The van der Waals surface area contributed by atoms with Gasteiger partial charge in [-0.2, -0.15) is 0 Å². The van der Waals surface area contributed by atoms with Gasteiger partial charge in [-0.15, -0.1) is 0 Å². The molecular formula is C12H22N2O3. The molecule has 98 valence electrons. The number of carbonyl (C=O) groups excluding carboxylic acids is 1. The van der Waals surface area contributed by atoms with E-state index in [1.807, 2.05) is 4.90 Å². The van der Waals surface area contributed by atoms with Gasteiger partial charge in [0.15, 0.2) is 0 Å². The number of nitrogens with one attached hydrogen (secondary N) is 1. The van der Waals surface area contributed by atoms with Crippen molar-refractivity contribution < 1.29 is 14.6 Å². The first-order valence-electron chi connectivity index (χ1n) is 6.54. The summed E-state index contributed by atoms with van der Waals surface area (Å²) in [7, 11) is 0. The Bertz CT molecular complexity index is 250. The van der Waals surface area contributed by atoms with Gasteiger partial charge < -0.3 is 20.1 Å². The van der Waals surface area contributed by atoms with Crippen LogP contribution < -0.4 is 5.32 Å². The van der Waals surface area contributed by atoms with Gasteiger partial charge in [-0.05, 0) is 19.3 Å². The van der Waals surface area contributed by atoms with Gasteiger partial charge in [0.05, 0.1) is 25.7 Å². The van der Waals surface area contributed by atoms with E-state index >= 15 is 0 Å². The summed E-state index contributed by atoms with van der Waals surface area (Å²) in [4.78, 5) is 14.0. The number of ether oxygens (including phenoxy) is 1. The van der Waals surface area contributed by atoms with Crippen molar-refractivity contribution in [2.75, 3.05) is 32.8 Å². The van der Waals surface area contributed by atoms with Crippen molar-refractivity contribution in [3.8, 4) is 0 Å². The summed E-state index contributed by atoms with van der Waals surface area (Å²) in [5, 5.41) is 12.2. The van der Waals surface area contributed by atoms with E-state index in [0.29, 0.717) is 25.6 Å². The van der Waals surface area contributed by atoms with Crippen LogP contribution in [-0.2, 0) is 9.53 Å². The average molecular weight is 242 g/mol. The molecule has 2 rings (SSSR count). The van der Waals surface area contributed by atoms with Gasteiger partial charge in [-0.3, -0.25) is 4.79 Å². The van der Waals surface area contributed by atoms with E-state index in [2.05, 4.69) is 5.32 Å². The summed E-state index contributed by atoms with van der Waals surface area (Å²) in [6.45, 7) is 2.81. The van der Waals surface area contributed by atoms with Crippen molar-refractivity contribution in [3.05, 3.63) is 0 Å². The second kappa shape index (κ2) is 6.33. The summed E-state index contributed by atoms with van der Waals surface area (Å²) in [6.07, 6.45) is 3.79. The first-order chi connectivity index (χ1) is 8.31. The lowest BCUT2D eigenvalue weighted by Gasteiger charge is -2.38. The number of hydrogen-bond acceptors (Lipinski definition) is 4. The average Bonchev–Trinajstić information content (AvgIpc) is 2.27. The molecule has 0 radical (unpaired) electrons. The molecule has 1 saturated carbocycles. The van der Waals surface area contributed by atoms with Crippen LogP contribution in [0, 0.1) is 0 Å². The predicted octanol–water partition coefficient (Wildman–Crippen LogP) is -0.262. The third-order valence-electron chi connectivity index (χ3n) is 3.58. The number of nitrogens with zero attached hydrogens (tertiary/aromatic N) is 1. The quantitative estimate of drug-likeness (QED) is 0.697. The zero-order chi connectivity index (χ0) is 12.1. The van der Waals surface area contributed by atoms with E-state index in [1.165, 1.54) is 6.42 Å². The van der Waals surface area contributed by atoms with Crippen molar-refractivity contribution in [1.29, 1.82) is 0 Å². The molecule has 2 fully saturated rings. The molecule has 2 N–H and O–H groups in total. The Morgan fingerprint density at radius 3 is 2.82 bits per heavy atom. The molecule has 0 bridgehead atoms. The molecule has 2 aliphatic rings. The molecule has 1 aliphatic heterocycles. The third-order valence-corrected chi connectivity index (χ3v) is 3.58. The van der Waals surface area contributed by atoms with Gasteiger partial charge in [0.1, 0.15) is 0 Å². The molecule has 0 spiro atoms. The molecule has 17 heavy (non-hydrogen) atoms. The van der Waals surface area contributed by atoms with Crippen molar-refractivity contribution in [3.63, 3.8) is 0 Å². The second-order valence-electron chi connectivity index (χ2n) is 4.80. The number of carbonyl (C=O) groups is 1. The normalized spacial score (nSPS) is 25.4. The number of hydrogen-bond donors (Lipinski definition) is 2. The number of rotatable bonds is 5. The molecule has 1 atom stereocenters. The van der Waals surface area contributed by atoms with E-state index in [4.69, 9.17) is 9.84 Å². The van der Waals surface area contributed by atoms with Crippen LogP contribution in [0.2, 0.25) is 0 Å². The summed E-state index contributed by atoms with van der Waals surface area (Å²) in [6, 6.07) is 0.353. The first-order valence-corrected chi connectivity index (χ1v) is 6.54. The van der Waals surface area contributed by atoms with E-state index < -0.39 is 0 Å². The van der Waals surface area contributed by atoms with E-state index in [9.17, 15) is 4.79 Å². The van der Waals surface area contributed by atoms with Crippen LogP contribution in [0.3, 0.4) is 0 Å². The molecule has 1 saturated heterocycles. The minimum absolute atomic E-state index is 0.00230. The SMILES string of the molecule is O=C(CC1CNCCO1)N(CCO)C1CCC1. The van der Waals surface area contributed by atoms with Crippen LogP contribution in [0.5, 0.6) is 0 Å². The number of aliphatic hydroxyl groups is 1. The Balaban J connectivity index is 1.81. The highest BCUT2D eigenvalue weighted by atomic mass is 16.5. The van der Waals surface area contributed by atoms with Crippen LogP contribution in [0.1, 0.15) is 25.7 Å². The Labute approximate surface area is 102 Å². The molecule has 5 nitrogen and oxygen atoms in total. The van der Waals surface area contributed by atoms with Crippen LogP contribution in [0.15, 0.2) is 0 Å². The smallest absolute Gasteiger partial charge is 0.225 e. The lowest BCUT2D eigenvalue weighted by atomic mass is 9.91. The number of amides is 1. The Kier molecular flexibility index (Phi) is 4.76. The highest BCUT2D eigenvalue weighted by molar-refractivity contribution is 5.77. The Hall–Kier alpha value is -0.650. The summed E-state index contributed by atoms with van der Waals surface area (Å²) < 4.78 is 5.54. The molecule has 1 amide bonds. The highest BCUT2D eigenvalue weighted by Gasteiger charge is 2.30. The van der Waals surface area contributed by atoms with Gasteiger partial charge in [-0.25, -0.2) is 0 Å². The first kappa shape index (κ1) is 12.8. The fourth-order valence-corrected chi connectivity index (χ4v) is 2.38. The molecule has 1 unspecified atom stereocenters. The van der Waals surface area contributed by atoms with Crippen molar-refractivity contribution >= 4 is 5.91 Å². The molecule has 0 aromatic rings. The summed E-state index contributed by atoms with van der Waals surface area (Å²) in [5.74, 6) is 0.123. The fourth-order valence-electron chi connectivity index (χ4n) is 2.38. The van der Waals surface area contributed by atoms with Crippen molar-refractivity contribution in [2.24, 2.45) is 0 Å². The van der Waals surface area contributed by atoms with Gasteiger partial charge >= 0.3 is 0 Å². The zero-order valence-electron chi connectivity index (χ0n) is 10.2. The molecule has 5 heteroatoms. The Morgan fingerprint density at radius 2 is 2.29 bits per heavy atom. The maximum absolute atomic E-state index is 12.1. The largest absolute Gasteiger partial charge is 0.395 e. The fraction of sp³-hybridized carbons (Fsp3) is 0.917. The van der Waals surface area contributed by atoms with E-state index in [-0.39, 0.29) is 18.6 Å². The van der Waals surface area contributed by atoms with E-state index in [1.54, 1.807) is 0 Å². The van der Waals surface area contributed by atoms with E-state index in [0.717, 1.165) is 25.9 Å². The summed E-state index contributed by atoms with van der Waals surface area (Å²) >= 11 is 0. The van der Waals surface area contributed by atoms with Gasteiger partial charge in [0, 0.05) is 25.7 Å². The van der Waals surface area contributed by atoms with Crippen LogP contribution in [0.25, 0.3) is 0 Å². The van der Waals surface area contributed by atoms with Crippen molar-refractivity contribution in [2.45, 2.75) is 37.8 Å². The maximum Gasteiger partial charge on any atom is 0.225 e. The lowest BCUT2D eigenvalue weighted by molar-refractivity contribution is -0.139. The number of aliphatic hydroxyl groups excluding tert-OH is 1. The molecule has 0 aromatic carbocycles. The minimum Gasteiger partial charge on any atom is -0.395 e. The van der Waals surface area contributed by atoms with Crippen molar-refractivity contribution in [1.82, 2.24) is 10.2 Å². The molecule has 1 heterocycles. The van der Waals surface area contributed by atoms with Crippen LogP contribution in [0.4, 0.5) is 0 Å². The molecule has 1 aliphatic carbocycles. The Morgan fingerprint density at radius 1 is 1.47 bits per heavy atom. The second-order valence-corrected chi connectivity index (χ2v) is 4.80. The van der Waals surface area contributed by atoms with Crippen LogP contribution >= 0.6 is 0 Å². The lowest BCUT2D eigenvalue weighted by Crippen LogP contribution is -2.48. The topological polar surface area (TPSA) is 61.8 Å². The maximum atomic E-state index is 12.1. The molecule has 0 aromatic heterocycles. The predicted molar refractivity (Wildman–Crippen MR) is 63.7 cm³/mol. The van der Waals surface area contributed by atoms with Crippen LogP contribution in [-0.4, -0.2) is 60.9 Å².